The molecule has 0 atom stereocenters. The number of anilines is 1. The average Bonchev–Trinajstić information content (AvgIpc) is 3.53. The fourth-order valence-electron chi connectivity index (χ4n) is 2.85. The summed E-state index contributed by atoms with van der Waals surface area (Å²) in [5, 5.41) is 2.88. The predicted octanol–water partition coefficient (Wildman–Crippen LogP) is 3.32. The number of benzene rings is 2. The molecule has 1 saturated carbocycles. The molecule has 0 spiro atoms. The minimum absolute atomic E-state index is 0.0240. The molecule has 0 unspecified atom stereocenters. The van der Waals surface area contributed by atoms with E-state index >= 15 is 0 Å². The molecule has 0 saturated heterocycles. The van der Waals surface area contributed by atoms with Gasteiger partial charge >= 0.3 is 0 Å². The Balaban J connectivity index is 1.71. The lowest BCUT2D eigenvalue weighted by atomic mass is 10.1. The molecule has 1 fully saturated rings. The summed E-state index contributed by atoms with van der Waals surface area (Å²) in [5.41, 5.74) is 2.05. The van der Waals surface area contributed by atoms with Crippen LogP contribution < -0.4 is 14.8 Å². The Labute approximate surface area is 159 Å². The van der Waals surface area contributed by atoms with Crippen LogP contribution in [0.4, 0.5) is 5.69 Å². The number of methoxy groups -OCH3 is 2. The van der Waals surface area contributed by atoms with Crippen molar-refractivity contribution in [3.8, 4) is 11.5 Å². The first-order valence-electron chi connectivity index (χ1n) is 8.89. The molecule has 6 nitrogen and oxygen atoms in total. The van der Waals surface area contributed by atoms with Crippen LogP contribution in [-0.4, -0.2) is 38.0 Å². The van der Waals surface area contributed by atoms with E-state index in [1.165, 1.54) is 0 Å². The number of carbonyl (C=O) groups excluding carboxylic acids is 2. The Kier molecular flexibility index (Phi) is 5.64. The molecule has 2 amide bonds. The van der Waals surface area contributed by atoms with Crippen LogP contribution in [0.3, 0.4) is 0 Å². The van der Waals surface area contributed by atoms with Gasteiger partial charge in [0.25, 0.3) is 5.91 Å². The fourth-order valence-corrected chi connectivity index (χ4v) is 2.85. The summed E-state index contributed by atoms with van der Waals surface area (Å²) in [6, 6.07) is 12.5. The lowest BCUT2D eigenvalue weighted by Crippen LogP contribution is -2.26. The van der Waals surface area contributed by atoms with Crippen LogP contribution in [0.1, 0.15) is 28.8 Å². The first kappa shape index (κ1) is 18.8. The molecule has 3 rings (SSSR count). The minimum Gasteiger partial charge on any atom is -0.497 e. The molecule has 1 aliphatic carbocycles. The maximum atomic E-state index is 12.8. The molecular formula is C21H24N2O4. The Morgan fingerprint density at radius 2 is 1.89 bits per heavy atom. The summed E-state index contributed by atoms with van der Waals surface area (Å²) in [5.74, 6) is 1.38. The van der Waals surface area contributed by atoms with Gasteiger partial charge in [0.2, 0.25) is 5.91 Å². The Morgan fingerprint density at radius 1 is 1.11 bits per heavy atom. The third-order valence-electron chi connectivity index (χ3n) is 4.57. The maximum absolute atomic E-state index is 12.8. The molecule has 2 aromatic rings. The van der Waals surface area contributed by atoms with Gasteiger partial charge in [-0.1, -0.05) is 6.07 Å². The highest BCUT2D eigenvalue weighted by Crippen LogP contribution is 2.30. The van der Waals surface area contributed by atoms with Crippen molar-refractivity contribution in [3.63, 3.8) is 0 Å². The van der Waals surface area contributed by atoms with Gasteiger partial charge in [-0.2, -0.15) is 0 Å². The minimum atomic E-state index is -0.129. The molecule has 6 heteroatoms. The van der Waals surface area contributed by atoms with E-state index in [2.05, 4.69) is 5.32 Å². The normalized spacial score (nSPS) is 13.0. The Bertz CT molecular complexity index is 846. The molecule has 27 heavy (non-hydrogen) atoms. The zero-order chi connectivity index (χ0) is 19.4. The van der Waals surface area contributed by atoms with E-state index in [4.69, 9.17) is 9.47 Å². The number of nitrogens with zero attached hydrogens (tertiary/aromatic N) is 1. The van der Waals surface area contributed by atoms with Gasteiger partial charge in [0, 0.05) is 42.4 Å². The number of carbonyl (C=O) groups is 2. The first-order chi connectivity index (χ1) is 13.0. The average molecular weight is 368 g/mol. The van der Waals surface area contributed by atoms with Gasteiger partial charge in [0.1, 0.15) is 11.5 Å². The second-order valence-corrected chi connectivity index (χ2v) is 6.68. The molecule has 0 heterocycles. The SMILES string of the molecule is COc1ccc(CN(C)C(=O)c2cccc(NC(=O)C3CC3)c2)c(OC)c1. The van der Waals surface area contributed by atoms with Gasteiger partial charge in [0.05, 0.1) is 14.2 Å². The summed E-state index contributed by atoms with van der Waals surface area (Å²) in [6.07, 6.45) is 1.88. The van der Waals surface area contributed by atoms with Crippen LogP contribution in [0.25, 0.3) is 0 Å². The van der Waals surface area contributed by atoms with Gasteiger partial charge in [-0.25, -0.2) is 0 Å². The van der Waals surface area contributed by atoms with Crippen LogP contribution in [0, 0.1) is 5.92 Å². The predicted molar refractivity (Wildman–Crippen MR) is 103 cm³/mol. The number of rotatable bonds is 7. The topological polar surface area (TPSA) is 67.9 Å². The number of hydrogen-bond donors (Lipinski definition) is 1. The summed E-state index contributed by atoms with van der Waals surface area (Å²) < 4.78 is 10.6. The zero-order valence-electron chi connectivity index (χ0n) is 15.8. The van der Waals surface area contributed by atoms with E-state index in [9.17, 15) is 9.59 Å². The van der Waals surface area contributed by atoms with E-state index < -0.39 is 0 Å². The fraction of sp³-hybridized carbons (Fsp3) is 0.333. The van der Waals surface area contributed by atoms with Crippen LogP contribution in [-0.2, 0) is 11.3 Å². The van der Waals surface area contributed by atoms with Crippen LogP contribution >= 0.6 is 0 Å². The molecule has 0 aliphatic heterocycles. The smallest absolute Gasteiger partial charge is 0.253 e. The molecule has 0 bridgehead atoms. The summed E-state index contributed by atoms with van der Waals surface area (Å²) in [4.78, 5) is 26.3. The van der Waals surface area contributed by atoms with Crippen molar-refractivity contribution in [2.24, 2.45) is 5.92 Å². The van der Waals surface area contributed by atoms with Crippen LogP contribution in [0.2, 0.25) is 0 Å². The van der Waals surface area contributed by atoms with E-state index in [0.29, 0.717) is 29.3 Å². The van der Waals surface area contributed by atoms with Crippen molar-refractivity contribution < 1.29 is 19.1 Å². The molecule has 142 valence electrons. The maximum Gasteiger partial charge on any atom is 0.253 e. The summed E-state index contributed by atoms with van der Waals surface area (Å²) in [7, 11) is 4.92. The highest BCUT2D eigenvalue weighted by Gasteiger charge is 2.29. The van der Waals surface area contributed by atoms with E-state index in [0.717, 1.165) is 18.4 Å². The quantitative estimate of drug-likeness (QED) is 0.814. The highest BCUT2D eigenvalue weighted by atomic mass is 16.5. The lowest BCUT2D eigenvalue weighted by molar-refractivity contribution is -0.117. The molecule has 2 aromatic carbocycles. The molecule has 0 aromatic heterocycles. The van der Waals surface area contributed by atoms with Crippen molar-refractivity contribution in [2.75, 3.05) is 26.6 Å². The molecule has 1 N–H and O–H groups in total. The Hall–Kier alpha value is -3.02. The number of amides is 2. The van der Waals surface area contributed by atoms with E-state index in [1.54, 1.807) is 56.5 Å². The van der Waals surface area contributed by atoms with Crippen molar-refractivity contribution in [1.82, 2.24) is 4.90 Å². The highest BCUT2D eigenvalue weighted by molar-refractivity contribution is 5.98. The standard InChI is InChI=1S/C21H24N2O4/c1-23(13-16-9-10-18(26-2)12-19(16)27-3)21(25)15-5-4-6-17(11-15)22-20(24)14-7-8-14/h4-6,9-12,14H,7-8,13H2,1-3H3,(H,22,24). The number of nitrogens with one attached hydrogen (secondary N) is 1. The van der Waals surface area contributed by atoms with E-state index in [-0.39, 0.29) is 17.7 Å². The first-order valence-corrected chi connectivity index (χ1v) is 8.89. The molecule has 0 radical (unpaired) electrons. The monoisotopic (exact) mass is 368 g/mol. The van der Waals surface area contributed by atoms with Crippen LogP contribution in [0.15, 0.2) is 42.5 Å². The van der Waals surface area contributed by atoms with Gasteiger partial charge in [0.15, 0.2) is 0 Å². The lowest BCUT2D eigenvalue weighted by Gasteiger charge is -2.20. The zero-order valence-corrected chi connectivity index (χ0v) is 15.8. The summed E-state index contributed by atoms with van der Waals surface area (Å²) >= 11 is 0. The van der Waals surface area contributed by atoms with Crippen molar-refractivity contribution in [3.05, 3.63) is 53.6 Å². The van der Waals surface area contributed by atoms with Crippen LogP contribution in [0.5, 0.6) is 11.5 Å². The third kappa shape index (κ3) is 4.58. The largest absolute Gasteiger partial charge is 0.497 e. The van der Waals surface area contributed by atoms with Gasteiger partial charge < -0.3 is 19.7 Å². The molecule has 1 aliphatic rings. The third-order valence-corrected chi connectivity index (χ3v) is 4.57. The van der Waals surface area contributed by atoms with E-state index in [1.807, 2.05) is 12.1 Å². The van der Waals surface area contributed by atoms with Crippen molar-refractivity contribution in [1.29, 1.82) is 0 Å². The Morgan fingerprint density at radius 3 is 2.56 bits per heavy atom. The second kappa shape index (κ2) is 8.12. The number of hydrogen-bond acceptors (Lipinski definition) is 4. The van der Waals surface area contributed by atoms with Crippen molar-refractivity contribution >= 4 is 17.5 Å². The number of ether oxygens (including phenoxy) is 2. The summed E-state index contributed by atoms with van der Waals surface area (Å²) in [6.45, 7) is 0.394. The van der Waals surface area contributed by atoms with Crippen molar-refractivity contribution in [2.45, 2.75) is 19.4 Å². The van der Waals surface area contributed by atoms with Gasteiger partial charge in [-0.3, -0.25) is 9.59 Å². The van der Waals surface area contributed by atoms with Gasteiger partial charge in [-0.15, -0.1) is 0 Å². The second-order valence-electron chi connectivity index (χ2n) is 6.68. The van der Waals surface area contributed by atoms with Gasteiger partial charge in [-0.05, 0) is 43.2 Å². The molecular weight excluding hydrogens is 344 g/mol.